The van der Waals surface area contributed by atoms with E-state index in [0.717, 1.165) is 0 Å². The molecule has 114 valence electrons. The Bertz CT molecular complexity index is 588. The van der Waals surface area contributed by atoms with Crippen molar-refractivity contribution in [2.45, 2.75) is 3.74 Å². The number of para-hydroxylation sites is 1. The molecule has 0 heterocycles. The summed E-state index contributed by atoms with van der Waals surface area (Å²) in [5, 5.41) is 37.3. The third-order valence-electron chi connectivity index (χ3n) is 2.32. The molecule has 0 amide bonds. The zero-order valence-corrected chi connectivity index (χ0v) is 16.6. The van der Waals surface area contributed by atoms with Gasteiger partial charge in [-0.3, -0.25) is 0 Å². The molecule has 2 aromatic rings. The number of phenols is 4. The van der Waals surface area contributed by atoms with E-state index < -0.39 is 3.74 Å². The average Bonchev–Trinajstić information content (AvgIpc) is 2.44. The number of alkyl halides is 2. The molecule has 4 N–H and O–H groups in total. The predicted molar refractivity (Wildman–Crippen MR) is 95.5 cm³/mol. The number of hydrogen-bond acceptors (Lipinski definition) is 4. The number of hydrogen-bond donors (Lipinski definition) is 4. The van der Waals surface area contributed by atoms with Gasteiger partial charge in [0.05, 0.1) is 14.5 Å². The highest BCUT2D eigenvalue weighted by atomic mass is 79.9. The lowest BCUT2D eigenvalue weighted by Gasteiger charge is -2.13. The van der Waals surface area contributed by atoms with Crippen LogP contribution in [0.2, 0.25) is 0 Å². The van der Waals surface area contributed by atoms with Crippen LogP contribution in [0.5, 0.6) is 23.0 Å². The molecule has 0 aliphatic rings. The molecule has 4 nitrogen and oxygen atoms in total. The Labute approximate surface area is 155 Å². The Morgan fingerprint density at radius 1 is 0.714 bits per heavy atom. The molecule has 21 heavy (non-hydrogen) atoms. The molecule has 0 aliphatic carbocycles. The second kappa shape index (κ2) is 8.26. The molecule has 0 bridgehead atoms. The van der Waals surface area contributed by atoms with Gasteiger partial charge in [0.2, 0.25) is 0 Å². The SMILES string of the molecule is Oc1c(O)c(C(Br)Br)c(O)c(Br)c1Br.Oc1ccccc1. The number of aromatic hydroxyl groups is 4. The maximum atomic E-state index is 9.65. The van der Waals surface area contributed by atoms with Gasteiger partial charge in [-0.1, -0.05) is 50.1 Å². The highest BCUT2D eigenvalue weighted by Gasteiger charge is 2.23. The molecule has 0 aliphatic heterocycles. The molecule has 2 rings (SSSR count). The Hall–Kier alpha value is -0.440. The maximum Gasteiger partial charge on any atom is 0.173 e. The van der Waals surface area contributed by atoms with E-state index >= 15 is 0 Å². The largest absolute Gasteiger partial charge is 0.508 e. The van der Waals surface area contributed by atoms with E-state index in [1.54, 1.807) is 24.3 Å². The zero-order valence-electron chi connectivity index (χ0n) is 10.3. The number of rotatable bonds is 1. The summed E-state index contributed by atoms with van der Waals surface area (Å²) >= 11 is 12.3. The first-order valence-electron chi connectivity index (χ1n) is 5.41. The van der Waals surface area contributed by atoms with Crippen molar-refractivity contribution in [3.8, 4) is 23.0 Å². The fourth-order valence-electron chi connectivity index (χ4n) is 1.30. The fraction of sp³-hybridized carbons (Fsp3) is 0.0769. The van der Waals surface area contributed by atoms with Gasteiger partial charge in [-0.05, 0) is 44.0 Å². The van der Waals surface area contributed by atoms with Crippen molar-refractivity contribution in [1.82, 2.24) is 0 Å². The van der Waals surface area contributed by atoms with Gasteiger partial charge in [-0.2, -0.15) is 0 Å². The van der Waals surface area contributed by atoms with Crippen molar-refractivity contribution in [2.75, 3.05) is 0 Å². The zero-order chi connectivity index (χ0) is 16.2. The lowest BCUT2D eigenvalue weighted by molar-refractivity contribution is 0.388. The number of halogens is 4. The highest BCUT2D eigenvalue weighted by molar-refractivity contribution is 9.24. The molecule has 8 heteroatoms. The summed E-state index contributed by atoms with van der Waals surface area (Å²) in [6.07, 6.45) is 0. The summed E-state index contributed by atoms with van der Waals surface area (Å²) in [5.74, 6) is -0.529. The lowest BCUT2D eigenvalue weighted by Crippen LogP contribution is -1.87. The molecule has 0 fully saturated rings. The van der Waals surface area contributed by atoms with Crippen molar-refractivity contribution < 1.29 is 20.4 Å². The van der Waals surface area contributed by atoms with E-state index in [1.807, 2.05) is 6.07 Å². The van der Waals surface area contributed by atoms with Crippen LogP contribution in [0.3, 0.4) is 0 Å². The first kappa shape index (κ1) is 18.6. The highest BCUT2D eigenvalue weighted by Crippen LogP contribution is 2.52. The van der Waals surface area contributed by atoms with E-state index in [-0.39, 0.29) is 31.8 Å². The lowest BCUT2D eigenvalue weighted by atomic mass is 10.2. The summed E-state index contributed by atoms with van der Waals surface area (Å²) in [6.45, 7) is 0. The summed E-state index contributed by atoms with van der Waals surface area (Å²) < 4.78 is 0.0360. The molecule has 0 spiro atoms. The average molecular weight is 550 g/mol. The van der Waals surface area contributed by atoms with Crippen molar-refractivity contribution in [3.05, 3.63) is 44.8 Å². The summed E-state index contributed by atoms with van der Waals surface area (Å²) in [5.41, 5.74) is 0.164. The minimum atomic E-state index is -0.453. The van der Waals surface area contributed by atoms with Crippen LogP contribution in [0.1, 0.15) is 9.30 Å². The maximum absolute atomic E-state index is 9.65. The quantitative estimate of drug-likeness (QED) is 0.215. The molecular weight excluding hydrogens is 540 g/mol. The first-order chi connectivity index (χ1) is 9.77. The second-order valence-electron chi connectivity index (χ2n) is 3.72. The topological polar surface area (TPSA) is 80.9 Å². The Morgan fingerprint density at radius 3 is 1.57 bits per heavy atom. The summed E-state index contributed by atoms with van der Waals surface area (Å²) in [4.78, 5) is 0. The van der Waals surface area contributed by atoms with Crippen LogP contribution in [0, 0.1) is 0 Å². The van der Waals surface area contributed by atoms with Crippen LogP contribution < -0.4 is 0 Å². The van der Waals surface area contributed by atoms with Gasteiger partial charge in [0, 0.05) is 0 Å². The van der Waals surface area contributed by atoms with Crippen LogP contribution >= 0.6 is 63.7 Å². The van der Waals surface area contributed by atoms with E-state index in [9.17, 15) is 15.3 Å². The van der Waals surface area contributed by atoms with E-state index in [4.69, 9.17) is 5.11 Å². The minimum Gasteiger partial charge on any atom is -0.508 e. The monoisotopic (exact) mass is 546 g/mol. The molecule has 0 atom stereocenters. The Morgan fingerprint density at radius 2 is 1.19 bits per heavy atom. The molecule has 0 saturated carbocycles. The van der Waals surface area contributed by atoms with Gasteiger partial charge in [0.25, 0.3) is 0 Å². The molecular formula is C13H10Br4O4. The van der Waals surface area contributed by atoms with Crippen LogP contribution in [0.4, 0.5) is 0 Å². The molecule has 0 aromatic heterocycles. The van der Waals surface area contributed by atoms with Gasteiger partial charge >= 0.3 is 0 Å². The van der Waals surface area contributed by atoms with Gasteiger partial charge in [0.15, 0.2) is 11.5 Å². The molecule has 0 radical (unpaired) electrons. The Kier molecular flexibility index (Phi) is 7.32. The molecule has 0 unspecified atom stereocenters. The third kappa shape index (κ3) is 4.77. The number of benzene rings is 2. The molecule has 0 saturated heterocycles. The number of phenolic OH excluding ortho intramolecular Hbond substituents is 4. The van der Waals surface area contributed by atoms with Gasteiger partial charge < -0.3 is 20.4 Å². The predicted octanol–water partition coefficient (Wildman–Crippen LogP) is 5.51. The van der Waals surface area contributed by atoms with Gasteiger partial charge in [0.1, 0.15) is 15.2 Å². The molecule has 2 aromatic carbocycles. The van der Waals surface area contributed by atoms with E-state index in [1.165, 1.54) is 0 Å². The van der Waals surface area contributed by atoms with Crippen molar-refractivity contribution in [1.29, 1.82) is 0 Å². The normalized spacial score (nSPS) is 10.1. The van der Waals surface area contributed by atoms with Crippen molar-refractivity contribution in [2.24, 2.45) is 0 Å². The van der Waals surface area contributed by atoms with Crippen LogP contribution in [-0.2, 0) is 0 Å². The smallest absolute Gasteiger partial charge is 0.173 e. The second-order valence-corrected chi connectivity index (χ2v) is 8.37. The van der Waals surface area contributed by atoms with Gasteiger partial charge in [-0.15, -0.1) is 0 Å². The Balaban J connectivity index is 0.000000262. The van der Waals surface area contributed by atoms with Crippen molar-refractivity contribution >= 4 is 63.7 Å². The van der Waals surface area contributed by atoms with Crippen LogP contribution in [0.15, 0.2) is 39.3 Å². The summed E-state index contributed by atoms with van der Waals surface area (Å²) in [7, 11) is 0. The summed E-state index contributed by atoms with van der Waals surface area (Å²) in [6, 6.07) is 8.71. The standard InChI is InChI=1S/C7H4Br4O3.C6H6O/c8-2-3(9)6(14)5(13)1(4(2)12)7(10)11;7-6-4-2-1-3-5-6/h7,12-14H;1-5,7H. The van der Waals surface area contributed by atoms with Gasteiger partial charge in [-0.25, -0.2) is 0 Å². The van der Waals surface area contributed by atoms with E-state index in [2.05, 4.69) is 63.7 Å². The minimum absolute atomic E-state index is 0.147. The third-order valence-corrected chi connectivity index (χ3v) is 5.31. The first-order valence-corrected chi connectivity index (χ1v) is 8.83. The van der Waals surface area contributed by atoms with Crippen molar-refractivity contribution in [3.63, 3.8) is 0 Å². The fourth-order valence-corrected chi connectivity index (χ4v) is 2.95. The van der Waals surface area contributed by atoms with E-state index in [0.29, 0.717) is 5.75 Å². The van der Waals surface area contributed by atoms with Crippen LogP contribution in [0.25, 0.3) is 0 Å². The van der Waals surface area contributed by atoms with Crippen LogP contribution in [-0.4, -0.2) is 20.4 Å².